The van der Waals surface area contributed by atoms with Crippen molar-refractivity contribution in [3.63, 3.8) is 0 Å². The Kier molecular flexibility index (Phi) is 4.97. The molecule has 0 spiro atoms. The molecule has 126 valence electrons. The average Bonchev–Trinajstić information content (AvgIpc) is 3.19. The van der Waals surface area contributed by atoms with Gasteiger partial charge in [-0.15, -0.1) is 5.10 Å². The predicted octanol–water partition coefficient (Wildman–Crippen LogP) is 1.51. The van der Waals surface area contributed by atoms with E-state index in [2.05, 4.69) is 20.5 Å². The van der Waals surface area contributed by atoms with Crippen molar-refractivity contribution in [2.75, 3.05) is 21.2 Å². The van der Waals surface area contributed by atoms with E-state index in [0.717, 1.165) is 17.8 Å². The third-order valence-corrected chi connectivity index (χ3v) is 3.42. The van der Waals surface area contributed by atoms with Gasteiger partial charge in [0, 0.05) is 13.7 Å². The summed E-state index contributed by atoms with van der Waals surface area (Å²) in [5, 5.41) is 12.2. The first-order valence-electron chi connectivity index (χ1n) is 7.59. The number of hydrogen-bond donors (Lipinski definition) is 0. The quantitative estimate of drug-likeness (QED) is 0.650. The maximum Gasteiger partial charge on any atom is 0.248 e. The molecule has 1 unspecified atom stereocenters. The van der Waals surface area contributed by atoms with Gasteiger partial charge in [0.15, 0.2) is 0 Å². The standard InChI is InChI=1S/C16H20N6O2/c1-21(2)9-13-10-22(20-18-13)11-14-17-16(19-24-14)15(23-3)12-7-5-4-6-8-12/h4-8,10,15H,9,11H2,1-3H3. The highest BCUT2D eigenvalue weighted by Gasteiger charge is 2.20. The minimum Gasteiger partial charge on any atom is -0.369 e. The first-order valence-corrected chi connectivity index (χ1v) is 7.59. The number of aromatic nitrogens is 5. The second kappa shape index (κ2) is 7.33. The lowest BCUT2D eigenvalue weighted by molar-refractivity contribution is 0.126. The molecule has 1 aromatic carbocycles. The fraction of sp³-hybridized carbons (Fsp3) is 0.375. The summed E-state index contributed by atoms with van der Waals surface area (Å²) >= 11 is 0. The van der Waals surface area contributed by atoms with E-state index in [1.165, 1.54) is 0 Å². The maximum absolute atomic E-state index is 5.51. The Labute approximate surface area is 140 Å². The van der Waals surface area contributed by atoms with Crippen molar-refractivity contribution in [1.29, 1.82) is 0 Å². The number of benzene rings is 1. The zero-order chi connectivity index (χ0) is 16.9. The third-order valence-electron chi connectivity index (χ3n) is 3.42. The summed E-state index contributed by atoms with van der Waals surface area (Å²) < 4.78 is 12.5. The van der Waals surface area contributed by atoms with E-state index in [-0.39, 0.29) is 6.10 Å². The van der Waals surface area contributed by atoms with Crippen LogP contribution in [-0.2, 0) is 17.8 Å². The van der Waals surface area contributed by atoms with Crippen LogP contribution in [0.5, 0.6) is 0 Å². The topological polar surface area (TPSA) is 82.1 Å². The van der Waals surface area contributed by atoms with E-state index in [0.29, 0.717) is 18.3 Å². The molecule has 8 heteroatoms. The van der Waals surface area contributed by atoms with Gasteiger partial charge in [0.05, 0.1) is 11.9 Å². The van der Waals surface area contributed by atoms with E-state index < -0.39 is 0 Å². The van der Waals surface area contributed by atoms with E-state index in [1.807, 2.05) is 55.5 Å². The van der Waals surface area contributed by atoms with Gasteiger partial charge in [-0.25, -0.2) is 4.68 Å². The molecule has 3 rings (SSSR count). The summed E-state index contributed by atoms with van der Waals surface area (Å²) in [4.78, 5) is 6.45. The van der Waals surface area contributed by atoms with Crippen LogP contribution in [0.3, 0.4) is 0 Å². The Bertz CT molecular complexity index is 768. The molecule has 3 aromatic rings. The highest BCUT2D eigenvalue weighted by atomic mass is 16.5. The normalized spacial score (nSPS) is 12.7. The molecular formula is C16H20N6O2. The highest BCUT2D eigenvalue weighted by molar-refractivity contribution is 5.22. The minimum absolute atomic E-state index is 0.358. The van der Waals surface area contributed by atoms with Crippen LogP contribution in [-0.4, -0.2) is 51.2 Å². The summed E-state index contributed by atoms with van der Waals surface area (Å²) in [5.41, 5.74) is 1.86. The molecule has 0 N–H and O–H groups in total. The SMILES string of the molecule is COC(c1ccccc1)c1noc(Cn2cc(CN(C)C)nn2)n1. The van der Waals surface area contributed by atoms with Crippen LogP contribution in [0.1, 0.15) is 29.1 Å². The second-order valence-electron chi connectivity index (χ2n) is 5.72. The van der Waals surface area contributed by atoms with Crippen LogP contribution in [0.2, 0.25) is 0 Å². The van der Waals surface area contributed by atoms with E-state index in [9.17, 15) is 0 Å². The molecule has 24 heavy (non-hydrogen) atoms. The summed E-state index contributed by atoms with van der Waals surface area (Å²) in [6.07, 6.45) is 1.51. The summed E-state index contributed by atoms with van der Waals surface area (Å²) in [5.74, 6) is 0.955. The van der Waals surface area contributed by atoms with Gasteiger partial charge < -0.3 is 14.2 Å². The fourth-order valence-electron chi connectivity index (χ4n) is 2.41. The van der Waals surface area contributed by atoms with Crippen molar-refractivity contribution < 1.29 is 9.26 Å². The number of methoxy groups -OCH3 is 1. The number of hydrogen-bond acceptors (Lipinski definition) is 7. The molecule has 0 radical (unpaired) electrons. The Hall–Kier alpha value is -2.58. The van der Waals surface area contributed by atoms with Gasteiger partial charge in [0.25, 0.3) is 0 Å². The smallest absolute Gasteiger partial charge is 0.248 e. The molecule has 0 aliphatic heterocycles. The third kappa shape index (κ3) is 3.84. The van der Waals surface area contributed by atoms with Crippen LogP contribution >= 0.6 is 0 Å². The van der Waals surface area contributed by atoms with Gasteiger partial charge in [0.1, 0.15) is 12.6 Å². The molecule has 0 aliphatic rings. The van der Waals surface area contributed by atoms with Gasteiger partial charge in [0.2, 0.25) is 11.7 Å². The zero-order valence-corrected chi connectivity index (χ0v) is 14.0. The first kappa shape index (κ1) is 16.3. The molecule has 0 fully saturated rings. The zero-order valence-electron chi connectivity index (χ0n) is 14.0. The van der Waals surface area contributed by atoms with Crippen molar-refractivity contribution in [3.05, 3.63) is 59.5 Å². The Morgan fingerprint density at radius 2 is 2.04 bits per heavy atom. The lowest BCUT2D eigenvalue weighted by Crippen LogP contribution is -2.10. The fourth-order valence-corrected chi connectivity index (χ4v) is 2.41. The van der Waals surface area contributed by atoms with E-state index in [4.69, 9.17) is 9.26 Å². The van der Waals surface area contributed by atoms with Crippen molar-refractivity contribution in [3.8, 4) is 0 Å². The first-order chi connectivity index (χ1) is 11.7. The van der Waals surface area contributed by atoms with Crippen LogP contribution < -0.4 is 0 Å². The van der Waals surface area contributed by atoms with Crippen LogP contribution in [0.15, 0.2) is 41.1 Å². The number of nitrogens with zero attached hydrogens (tertiary/aromatic N) is 6. The second-order valence-corrected chi connectivity index (χ2v) is 5.72. The molecule has 2 aromatic heterocycles. The maximum atomic E-state index is 5.51. The van der Waals surface area contributed by atoms with Gasteiger partial charge in [-0.2, -0.15) is 4.98 Å². The molecule has 8 nitrogen and oxygen atoms in total. The van der Waals surface area contributed by atoms with Crippen molar-refractivity contribution in [1.82, 2.24) is 30.0 Å². The van der Waals surface area contributed by atoms with Crippen molar-refractivity contribution in [2.45, 2.75) is 19.2 Å². The van der Waals surface area contributed by atoms with Gasteiger partial charge >= 0.3 is 0 Å². The van der Waals surface area contributed by atoms with Gasteiger partial charge in [-0.05, 0) is 19.7 Å². The Balaban J connectivity index is 1.72. The average molecular weight is 328 g/mol. The minimum atomic E-state index is -0.358. The van der Waals surface area contributed by atoms with Gasteiger partial charge in [-0.3, -0.25) is 0 Å². The highest BCUT2D eigenvalue weighted by Crippen LogP contribution is 2.22. The molecular weight excluding hydrogens is 308 g/mol. The molecule has 0 bridgehead atoms. The summed E-state index contributed by atoms with van der Waals surface area (Å²) in [6.45, 7) is 1.10. The van der Waals surface area contributed by atoms with Gasteiger partial charge in [-0.1, -0.05) is 40.7 Å². The van der Waals surface area contributed by atoms with Crippen molar-refractivity contribution >= 4 is 0 Å². The summed E-state index contributed by atoms with van der Waals surface area (Å²) in [7, 11) is 5.59. The number of rotatable bonds is 7. The molecule has 1 atom stereocenters. The lowest BCUT2D eigenvalue weighted by Gasteiger charge is -2.10. The molecule has 2 heterocycles. The van der Waals surface area contributed by atoms with Crippen LogP contribution in [0.25, 0.3) is 0 Å². The lowest BCUT2D eigenvalue weighted by atomic mass is 10.1. The van der Waals surface area contributed by atoms with Crippen LogP contribution in [0.4, 0.5) is 0 Å². The largest absolute Gasteiger partial charge is 0.369 e. The predicted molar refractivity (Wildman–Crippen MR) is 86.1 cm³/mol. The Morgan fingerprint density at radius 3 is 2.75 bits per heavy atom. The van der Waals surface area contributed by atoms with Crippen LogP contribution in [0, 0.1) is 0 Å². The van der Waals surface area contributed by atoms with E-state index >= 15 is 0 Å². The van der Waals surface area contributed by atoms with Crippen molar-refractivity contribution in [2.24, 2.45) is 0 Å². The monoisotopic (exact) mass is 328 g/mol. The molecule has 0 aliphatic carbocycles. The Morgan fingerprint density at radius 1 is 1.25 bits per heavy atom. The van der Waals surface area contributed by atoms with E-state index in [1.54, 1.807) is 11.8 Å². The molecule has 0 amide bonds. The summed E-state index contributed by atoms with van der Waals surface area (Å²) in [6, 6.07) is 9.78. The molecule has 0 saturated carbocycles. The molecule has 0 saturated heterocycles. The number of ether oxygens (including phenoxy) is 1.